The molecule has 8 heteroatoms. The van der Waals surface area contributed by atoms with E-state index in [0.29, 0.717) is 30.5 Å². The van der Waals surface area contributed by atoms with Crippen molar-refractivity contribution in [2.24, 2.45) is 0 Å². The summed E-state index contributed by atoms with van der Waals surface area (Å²) in [5.74, 6) is 0.753. The zero-order valence-electron chi connectivity index (χ0n) is 16.2. The summed E-state index contributed by atoms with van der Waals surface area (Å²) < 4.78 is 32.8. The van der Waals surface area contributed by atoms with Gasteiger partial charge in [0, 0.05) is 31.0 Å². The van der Waals surface area contributed by atoms with Crippen LogP contribution < -0.4 is 5.63 Å². The smallest absolute Gasteiger partial charge is 0.336 e. The van der Waals surface area contributed by atoms with Crippen LogP contribution in [0.4, 0.5) is 0 Å². The Morgan fingerprint density at radius 3 is 2.72 bits per heavy atom. The summed E-state index contributed by atoms with van der Waals surface area (Å²) in [4.78, 5) is 19.4. The number of aryl methyl sites for hydroxylation is 1. The molecule has 2 heterocycles. The maximum Gasteiger partial charge on any atom is 0.336 e. The normalized spacial score (nSPS) is 12.2. The van der Waals surface area contributed by atoms with Crippen LogP contribution in [0.25, 0.3) is 22.0 Å². The summed E-state index contributed by atoms with van der Waals surface area (Å²) in [6.45, 7) is 4.45. The Balaban J connectivity index is 1.59. The number of H-pyrrole nitrogens is 1. The van der Waals surface area contributed by atoms with Crippen molar-refractivity contribution in [3.05, 3.63) is 70.3 Å². The van der Waals surface area contributed by atoms with Crippen LogP contribution in [-0.4, -0.2) is 35.8 Å². The molecule has 0 unspecified atom stereocenters. The van der Waals surface area contributed by atoms with Gasteiger partial charge in [0.2, 0.25) is 10.0 Å². The molecule has 0 fully saturated rings. The second-order valence-electron chi connectivity index (χ2n) is 6.86. The SMILES string of the molecule is CCN(CCc1nc2c(C)cccc2[nH]1)S(=O)(=O)c1ccc2oc(=O)ccc2c1. The molecule has 0 radical (unpaired) electrons. The van der Waals surface area contributed by atoms with Gasteiger partial charge in [0.05, 0.1) is 15.9 Å². The van der Waals surface area contributed by atoms with E-state index >= 15 is 0 Å². The number of imidazole rings is 1. The van der Waals surface area contributed by atoms with Crippen LogP contribution >= 0.6 is 0 Å². The van der Waals surface area contributed by atoms with Crippen molar-refractivity contribution in [3.8, 4) is 0 Å². The Morgan fingerprint density at radius 2 is 1.97 bits per heavy atom. The maximum atomic E-state index is 13.1. The largest absolute Gasteiger partial charge is 0.423 e. The summed E-state index contributed by atoms with van der Waals surface area (Å²) in [5.41, 5.74) is 2.82. The number of benzene rings is 2. The number of likely N-dealkylation sites (N-methyl/N-ethyl adjacent to an activating group) is 1. The molecule has 4 aromatic rings. The molecule has 4 rings (SSSR count). The van der Waals surface area contributed by atoms with E-state index in [2.05, 4.69) is 9.97 Å². The first-order valence-corrected chi connectivity index (χ1v) is 10.8. The third kappa shape index (κ3) is 3.68. The van der Waals surface area contributed by atoms with Crippen molar-refractivity contribution < 1.29 is 12.8 Å². The Morgan fingerprint density at radius 1 is 1.14 bits per heavy atom. The average molecular weight is 411 g/mol. The third-order valence-corrected chi connectivity index (χ3v) is 6.91. The van der Waals surface area contributed by atoms with E-state index in [9.17, 15) is 13.2 Å². The van der Waals surface area contributed by atoms with Gasteiger partial charge in [-0.1, -0.05) is 19.1 Å². The number of nitrogens with zero attached hydrogens (tertiary/aromatic N) is 2. The minimum absolute atomic E-state index is 0.168. The molecule has 0 aliphatic rings. The van der Waals surface area contributed by atoms with Crippen molar-refractivity contribution in [3.63, 3.8) is 0 Å². The Kier molecular flexibility index (Phi) is 4.97. The molecule has 1 N–H and O–H groups in total. The average Bonchev–Trinajstić information content (AvgIpc) is 3.12. The first kappa shape index (κ1) is 19.4. The molecule has 0 aliphatic heterocycles. The van der Waals surface area contributed by atoms with E-state index in [0.717, 1.165) is 22.4 Å². The number of nitrogens with one attached hydrogen (secondary N) is 1. The molecular formula is C21H21N3O4S. The molecule has 0 aliphatic carbocycles. The van der Waals surface area contributed by atoms with Gasteiger partial charge in [-0.2, -0.15) is 4.31 Å². The second-order valence-corrected chi connectivity index (χ2v) is 8.79. The van der Waals surface area contributed by atoms with Gasteiger partial charge in [-0.3, -0.25) is 0 Å². The Bertz CT molecular complexity index is 1360. The number of aromatic amines is 1. The molecule has 0 saturated carbocycles. The van der Waals surface area contributed by atoms with E-state index in [1.54, 1.807) is 13.0 Å². The standard InChI is InChI=1S/C21H21N3O4S/c1-3-24(12-11-19-22-17-6-4-5-14(2)21(17)23-19)29(26,27)16-8-9-18-15(13-16)7-10-20(25)28-18/h4-10,13H,3,11-12H2,1-2H3,(H,22,23). The van der Waals surface area contributed by atoms with Crippen LogP contribution in [0.2, 0.25) is 0 Å². The van der Waals surface area contributed by atoms with Crippen molar-refractivity contribution >= 4 is 32.0 Å². The van der Waals surface area contributed by atoms with Crippen molar-refractivity contribution in [2.75, 3.05) is 13.1 Å². The maximum absolute atomic E-state index is 13.1. The summed E-state index contributed by atoms with van der Waals surface area (Å²) >= 11 is 0. The van der Waals surface area contributed by atoms with Crippen LogP contribution in [0.5, 0.6) is 0 Å². The van der Waals surface area contributed by atoms with Gasteiger partial charge in [-0.25, -0.2) is 18.2 Å². The van der Waals surface area contributed by atoms with Gasteiger partial charge >= 0.3 is 5.63 Å². The second kappa shape index (κ2) is 7.46. The molecule has 0 amide bonds. The number of hydrogen-bond acceptors (Lipinski definition) is 5. The zero-order chi connectivity index (χ0) is 20.6. The van der Waals surface area contributed by atoms with Crippen LogP contribution in [-0.2, 0) is 16.4 Å². The first-order chi connectivity index (χ1) is 13.9. The Hall–Kier alpha value is -2.97. The van der Waals surface area contributed by atoms with Gasteiger partial charge in [0.1, 0.15) is 11.4 Å². The Labute approximate surface area is 168 Å². The molecule has 7 nitrogen and oxygen atoms in total. The molecule has 0 spiro atoms. The highest BCUT2D eigenvalue weighted by Crippen LogP contribution is 2.22. The van der Waals surface area contributed by atoms with Crippen LogP contribution in [0, 0.1) is 6.92 Å². The lowest BCUT2D eigenvalue weighted by Gasteiger charge is -2.20. The van der Waals surface area contributed by atoms with Crippen LogP contribution in [0.3, 0.4) is 0 Å². The predicted molar refractivity (Wildman–Crippen MR) is 111 cm³/mol. The van der Waals surface area contributed by atoms with Gasteiger partial charge in [-0.05, 0) is 42.8 Å². The molecule has 0 atom stereocenters. The number of rotatable bonds is 6. The molecule has 150 valence electrons. The minimum Gasteiger partial charge on any atom is -0.423 e. The van der Waals surface area contributed by atoms with Crippen LogP contribution in [0.1, 0.15) is 18.3 Å². The predicted octanol–water partition coefficient (Wildman–Crippen LogP) is 3.23. The molecule has 2 aromatic heterocycles. The zero-order valence-corrected chi connectivity index (χ0v) is 17.0. The van der Waals surface area contributed by atoms with Crippen molar-refractivity contribution in [1.29, 1.82) is 0 Å². The van der Waals surface area contributed by atoms with Gasteiger partial charge in [0.15, 0.2) is 0 Å². The highest BCUT2D eigenvalue weighted by Gasteiger charge is 2.23. The highest BCUT2D eigenvalue weighted by atomic mass is 32.2. The topological polar surface area (TPSA) is 96.3 Å². The fourth-order valence-electron chi connectivity index (χ4n) is 3.38. The summed E-state index contributed by atoms with van der Waals surface area (Å²) in [5, 5.41) is 0.564. The fourth-order valence-corrected chi connectivity index (χ4v) is 4.87. The first-order valence-electron chi connectivity index (χ1n) is 9.37. The quantitative estimate of drug-likeness (QED) is 0.492. The number of aromatic nitrogens is 2. The lowest BCUT2D eigenvalue weighted by molar-refractivity contribution is 0.428. The van der Waals surface area contributed by atoms with Crippen LogP contribution in [0.15, 0.2) is 62.6 Å². The van der Waals surface area contributed by atoms with Crippen molar-refractivity contribution in [2.45, 2.75) is 25.2 Å². The number of para-hydroxylation sites is 1. The lowest BCUT2D eigenvalue weighted by atomic mass is 10.2. The fraction of sp³-hybridized carbons (Fsp3) is 0.238. The van der Waals surface area contributed by atoms with E-state index in [1.807, 2.05) is 25.1 Å². The van der Waals surface area contributed by atoms with Gasteiger partial charge in [-0.15, -0.1) is 0 Å². The molecular weight excluding hydrogens is 390 g/mol. The molecule has 2 aromatic carbocycles. The van der Waals surface area contributed by atoms with Crippen molar-refractivity contribution in [1.82, 2.24) is 14.3 Å². The highest BCUT2D eigenvalue weighted by molar-refractivity contribution is 7.89. The number of fused-ring (bicyclic) bond motifs is 2. The van der Waals surface area contributed by atoms with E-state index in [1.165, 1.54) is 28.6 Å². The molecule has 0 bridgehead atoms. The van der Waals surface area contributed by atoms with E-state index < -0.39 is 15.6 Å². The van der Waals surface area contributed by atoms with Gasteiger partial charge in [0.25, 0.3) is 0 Å². The molecule has 29 heavy (non-hydrogen) atoms. The summed E-state index contributed by atoms with van der Waals surface area (Å²) in [6.07, 6.45) is 0.476. The van der Waals surface area contributed by atoms with E-state index in [-0.39, 0.29) is 4.90 Å². The number of hydrogen-bond donors (Lipinski definition) is 1. The third-order valence-electron chi connectivity index (χ3n) is 4.94. The lowest BCUT2D eigenvalue weighted by Crippen LogP contribution is -2.33. The number of sulfonamides is 1. The molecule has 0 saturated heterocycles. The van der Waals surface area contributed by atoms with Gasteiger partial charge < -0.3 is 9.40 Å². The summed E-state index contributed by atoms with van der Waals surface area (Å²) in [6, 6.07) is 13.3. The van der Waals surface area contributed by atoms with E-state index in [4.69, 9.17) is 4.42 Å². The summed E-state index contributed by atoms with van der Waals surface area (Å²) in [7, 11) is -3.69. The minimum atomic E-state index is -3.69. The monoisotopic (exact) mass is 411 g/mol.